The number of para-hydroxylation sites is 1. The molecule has 3 heterocycles. The Hall–Kier alpha value is -4.25. The van der Waals surface area contributed by atoms with Crippen LogP contribution in [0.3, 0.4) is 0 Å². The molecule has 0 unspecified atom stereocenters. The number of anilines is 1. The summed E-state index contributed by atoms with van der Waals surface area (Å²) in [6, 6.07) is 24.1. The van der Waals surface area contributed by atoms with Crippen LogP contribution in [-0.2, 0) is 16.8 Å². The Labute approximate surface area is 216 Å². The lowest BCUT2D eigenvalue weighted by molar-refractivity contribution is -0.121. The van der Waals surface area contributed by atoms with Crippen LogP contribution in [0, 0.1) is 11.3 Å². The number of nitriles is 1. The lowest BCUT2D eigenvalue weighted by atomic mass is 9.68. The summed E-state index contributed by atoms with van der Waals surface area (Å²) in [6.07, 6.45) is 0. The van der Waals surface area contributed by atoms with Crippen molar-refractivity contribution in [3.63, 3.8) is 0 Å². The number of aromatic nitrogens is 2. The van der Waals surface area contributed by atoms with Crippen LogP contribution in [0.25, 0.3) is 11.3 Å². The molecule has 176 valence electrons. The van der Waals surface area contributed by atoms with Crippen LogP contribution in [0.2, 0.25) is 10.0 Å². The van der Waals surface area contributed by atoms with Crippen molar-refractivity contribution in [1.82, 2.24) is 10.2 Å². The van der Waals surface area contributed by atoms with E-state index in [-0.39, 0.29) is 29.8 Å². The highest BCUT2D eigenvalue weighted by Crippen LogP contribution is 2.57. The number of benzene rings is 3. The molecule has 1 aromatic heterocycles. The van der Waals surface area contributed by atoms with Gasteiger partial charge in [0.15, 0.2) is 0 Å². The van der Waals surface area contributed by atoms with Crippen molar-refractivity contribution in [3.8, 4) is 23.2 Å². The monoisotopic (exact) mass is 513 g/mol. The SMILES string of the molecule is N#CC1=C(N)Oc2n[nH]c(-c3ccccc3)c2[C@]12C(=O)N(Cc1ccc(Cl)cc1Cl)c1ccccc12. The number of H-pyrrole nitrogens is 1. The predicted octanol–water partition coefficient (Wildman–Crippen LogP) is 5.30. The summed E-state index contributed by atoms with van der Waals surface area (Å²) in [6.45, 7) is 0.168. The molecule has 1 spiro atoms. The first-order valence-electron chi connectivity index (χ1n) is 11.0. The number of carbonyl (C=O) groups is 1. The molecule has 2 aliphatic rings. The van der Waals surface area contributed by atoms with Gasteiger partial charge < -0.3 is 15.4 Å². The van der Waals surface area contributed by atoms with E-state index in [9.17, 15) is 10.1 Å². The molecule has 0 saturated heterocycles. The molecule has 0 aliphatic carbocycles. The first kappa shape index (κ1) is 22.2. The van der Waals surface area contributed by atoms with Gasteiger partial charge in [0, 0.05) is 26.9 Å². The third-order valence-electron chi connectivity index (χ3n) is 6.62. The summed E-state index contributed by atoms with van der Waals surface area (Å²) in [5, 5.41) is 18.6. The second-order valence-corrected chi connectivity index (χ2v) is 9.34. The van der Waals surface area contributed by atoms with Crippen LogP contribution in [0.1, 0.15) is 16.7 Å². The number of ether oxygens (including phenoxy) is 1. The van der Waals surface area contributed by atoms with Crippen molar-refractivity contribution in [3.05, 3.63) is 111 Å². The zero-order valence-corrected chi connectivity index (χ0v) is 20.1. The zero-order chi connectivity index (χ0) is 25.0. The summed E-state index contributed by atoms with van der Waals surface area (Å²) >= 11 is 12.6. The first-order chi connectivity index (χ1) is 17.5. The van der Waals surface area contributed by atoms with Crippen LogP contribution in [-0.4, -0.2) is 16.1 Å². The van der Waals surface area contributed by atoms with Crippen LogP contribution < -0.4 is 15.4 Å². The van der Waals surface area contributed by atoms with E-state index < -0.39 is 5.41 Å². The highest BCUT2D eigenvalue weighted by molar-refractivity contribution is 6.35. The van der Waals surface area contributed by atoms with Gasteiger partial charge in [-0.15, -0.1) is 5.10 Å². The number of fused-ring (bicyclic) bond motifs is 4. The van der Waals surface area contributed by atoms with Gasteiger partial charge in [0.2, 0.25) is 17.7 Å². The number of carbonyl (C=O) groups excluding carboxylic acids is 1. The molecule has 3 aromatic carbocycles. The quantitative estimate of drug-likeness (QED) is 0.386. The molecular weight excluding hydrogens is 497 g/mol. The summed E-state index contributed by atoms with van der Waals surface area (Å²) in [4.78, 5) is 16.2. The first-order valence-corrected chi connectivity index (χ1v) is 11.8. The normalized spacial score (nSPS) is 18.1. The Kier molecular flexibility index (Phi) is 5.04. The van der Waals surface area contributed by atoms with E-state index in [0.29, 0.717) is 38.1 Å². The number of nitrogens with two attached hydrogens (primary N) is 1. The third-order valence-corrected chi connectivity index (χ3v) is 7.21. The Morgan fingerprint density at radius 3 is 2.58 bits per heavy atom. The van der Waals surface area contributed by atoms with Gasteiger partial charge in [-0.05, 0) is 23.8 Å². The molecule has 7 nitrogen and oxygen atoms in total. The molecule has 4 aromatic rings. The number of aromatic amines is 1. The van der Waals surface area contributed by atoms with E-state index >= 15 is 0 Å². The minimum atomic E-state index is -1.56. The van der Waals surface area contributed by atoms with Gasteiger partial charge in [-0.2, -0.15) is 5.26 Å². The molecule has 0 bridgehead atoms. The van der Waals surface area contributed by atoms with Gasteiger partial charge >= 0.3 is 0 Å². The third kappa shape index (κ3) is 2.99. The summed E-state index contributed by atoms with van der Waals surface area (Å²) in [5.41, 5.74) is 8.46. The molecule has 0 fully saturated rings. The van der Waals surface area contributed by atoms with Crippen molar-refractivity contribution in [1.29, 1.82) is 5.26 Å². The van der Waals surface area contributed by atoms with Crippen molar-refractivity contribution < 1.29 is 9.53 Å². The van der Waals surface area contributed by atoms with Gasteiger partial charge in [-0.1, -0.05) is 77.8 Å². The molecule has 6 rings (SSSR count). The average Bonchev–Trinajstić information content (AvgIpc) is 3.40. The fourth-order valence-corrected chi connectivity index (χ4v) is 5.55. The molecule has 2 aliphatic heterocycles. The maximum absolute atomic E-state index is 14.6. The summed E-state index contributed by atoms with van der Waals surface area (Å²) < 4.78 is 5.76. The molecule has 36 heavy (non-hydrogen) atoms. The highest BCUT2D eigenvalue weighted by atomic mass is 35.5. The largest absolute Gasteiger partial charge is 0.420 e. The molecule has 9 heteroatoms. The number of nitrogens with zero attached hydrogens (tertiary/aromatic N) is 3. The van der Waals surface area contributed by atoms with Crippen LogP contribution in [0.4, 0.5) is 5.69 Å². The van der Waals surface area contributed by atoms with Crippen LogP contribution >= 0.6 is 23.2 Å². The number of hydrogen-bond donors (Lipinski definition) is 2. The minimum absolute atomic E-state index is 0.00994. The Morgan fingerprint density at radius 2 is 1.83 bits per heavy atom. The molecule has 0 radical (unpaired) electrons. The van der Waals surface area contributed by atoms with Crippen molar-refractivity contribution >= 4 is 34.8 Å². The van der Waals surface area contributed by atoms with Crippen molar-refractivity contribution in [2.24, 2.45) is 5.73 Å². The highest BCUT2D eigenvalue weighted by Gasteiger charge is 2.61. The van der Waals surface area contributed by atoms with Gasteiger partial charge in [-0.25, -0.2) is 0 Å². The van der Waals surface area contributed by atoms with E-state index in [1.807, 2.05) is 54.6 Å². The van der Waals surface area contributed by atoms with Gasteiger partial charge in [0.25, 0.3) is 0 Å². The Morgan fingerprint density at radius 1 is 1.08 bits per heavy atom. The average molecular weight is 514 g/mol. The maximum atomic E-state index is 14.6. The summed E-state index contributed by atoms with van der Waals surface area (Å²) in [7, 11) is 0. The smallest absolute Gasteiger partial charge is 0.248 e. The van der Waals surface area contributed by atoms with Crippen molar-refractivity contribution in [2.45, 2.75) is 12.0 Å². The molecular formula is C27H17Cl2N5O2. The predicted molar refractivity (Wildman–Crippen MR) is 136 cm³/mol. The van der Waals surface area contributed by atoms with Crippen LogP contribution in [0.5, 0.6) is 5.88 Å². The fraction of sp³-hybridized carbons (Fsp3) is 0.0741. The minimum Gasteiger partial charge on any atom is -0.420 e. The number of amides is 1. The van der Waals surface area contributed by atoms with Crippen LogP contribution in [0.15, 0.2) is 84.3 Å². The van der Waals surface area contributed by atoms with Gasteiger partial charge in [-0.3, -0.25) is 9.89 Å². The van der Waals surface area contributed by atoms with Crippen molar-refractivity contribution in [2.75, 3.05) is 4.90 Å². The lowest BCUT2D eigenvalue weighted by Crippen LogP contribution is -2.45. The molecule has 0 saturated carbocycles. The topological polar surface area (TPSA) is 108 Å². The van der Waals surface area contributed by atoms with Gasteiger partial charge in [0.1, 0.15) is 17.1 Å². The number of halogens is 2. The second-order valence-electron chi connectivity index (χ2n) is 8.49. The second kappa shape index (κ2) is 8.16. The fourth-order valence-electron chi connectivity index (χ4n) is 5.08. The van der Waals surface area contributed by atoms with E-state index in [0.717, 1.165) is 5.56 Å². The molecule has 3 N–H and O–H groups in total. The molecule has 1 amide bonds. The number of nitrogens with one attached hydrogen (secondary N) is 1. The standard InChI is InChI=1S/C27H17Cl2N5O2/c28-17-11-10-16(20(29)12-17)14-34-21-9-5-4-8-18(21)27(26(34)35)19(13-30)24(31)36-25-22(27)23(32-33-25)15-6-2-1-3-7-15/h1-12H,14,31H2,(H,32,33)/t27-/m1/s1. The van der Waals surface area contributed by atoms with E-state index in [4.69, 9.17) is 33.7 Å². The number of hydrogen-bond acceptors (Lipinski definition) is 5. The van der Waals surface area contributed by atoms with Gasteiger partial charge in [0.05, 0.1) is 17.8 Å². The Balaban J connectivity index is 1.63. The lowest BCUT2D eigenvalue weighted by Gasteiger charge is -2.33. The molecule has 1 atom stereocenters. The summed E-state index contributed by atoms with van der Waals surface area (Å²) in [5.74, 6) is -0.358. The van der Waals surface area contributed by atoms with E-state index in [1.165, 1.54) is 0 Å². The Bertz CT molecular complexity index is 1620. The van der Waals surface area contributed by atoms with E-state index in [2.05, 4.69) is 16.3 Å². The van der Waals surface area contributed by atoms with E-state index in [1.54, 1.807) is 23.1 Å². The maximum Gasteiger partial charge on any atom is 0.248 e. The number of rotatable bonds is 3. The zero-order valence-electron chi connectivity index (χ0n) is 18.6.